The minimum absolute atomic E-state index is 0.203. The lowest BCUT2D eigenvalue weighted by atomic mass is 10.00. The fourth-order valence-electron chi connectivity index (χ4n) is 3.63. The third-order valence-corrected chi connectivity index (χ3v) is 5.38. The summed E-state index contributed by atoms with van der Waals surface area (Å²) in [5.74, 6) is 1.07. The van der Waals surface area contributed by atoms with Gasteiger partial charge in [0, 0.05) is 18.5 Å². The highest BCUT2D eigenvalue weighted by atomic mass is 35.5. The zero-order chi connectivity index (χ0) is 24.2. The molecule has 4 rings (SSSR count). The number of halogens is 1. The van der Waals surface area contributed by atoms with Gasteiger partial charge in [-0.15, -0.1) is 0 Å². The van der Waals surface area contributed by atoms with Gasteiger partial charge in [-0.1, -0.05) is 55.8 Å². The van der Waals surface area contributed by atoms with Gasteiger partial charge in [0.15, 0.2) is 5.65 Å². The Hall–Kier alpha value is -3.85. The molecule has 0 radical (unpaired) electrons. The number of ether oxygens (including phenoxy) is 1. The molecule has 0 saturated carbocycles. The fourth-order valence-corrected chi connectivity index (χ4v) is 3.83. The van der Waals surface area contributed by atoms with E-state index < -0.39 is 6.03 Å². The van der Waals surface area contributed by atoms with Gasteiger partial charge in [-0.25, -0.2) is 14.8 Å². The van der Waals surface area contributed by atoms with E-state index >= 15 is 0 Å². The second-order valence-electron chi connectivity index (χ2n) is 8.15. The largest absolute Gasteiger partial charge is 0.473 e. The van der Waals surface area contributed by atoms with Crippen LogP contribution >= 0.6 is 11.6 Å². The van der Waals surface area contributed by atoms with Crippen molar-refractivity contribution in [3.8, 4) is 5.88 Å². The molecule has 10 heteroatoms. The predicted octanol–water partition coefficient (Wildman–Crippen LogP) is 5.18. The molecule has 3 N–H and O–H groups in total. The van der Waals surface area contributed by atoms with Crippen LogP contribution in [0.1, 0.15) is 36.6 Å². The number of hydrogen-bond acceptors (Lipinski definition) is 6. The topological polar surface area (TPSA) is 106 Å². The Labute approximate surface area is 202 Å². The van der Waals surface area contributed by atoms with Crippen LogP contribution in [0.3, 0.4) is 0 Å². The molecule has 0 unspecified atom stereocenters. The molecule has 3 aromatic heterocycles. The van der Waals surface area contributed by atoms with Crippen molar-refractivity contribution in [1.29, 1.82) is 0 Å². The van der Waals surface area contributed by atoms with Crippen LogP contribution in [0, 0.1) is 6.92 Å². The van der Waals surface area contributed by atoms with E-state index in [2.05, 4.69) is 45.1 Å². The smallest absolute Gasteiger partial charge is 0.337 e. The number of rotatable bonds is 7. The Morgan fingerprint density at radius 2 is 1.91 bits per heavy atom. The predicted molar refractivity (Wildman–Crippen MR) is 133 cm³/mol. The van der Waals surface area contributed by atoms with Crippen molar-refractivity contribution < 1.29 is 9.53 Å². The van der Waals surface area contributed by atoms with Gasteiger partial charge in [0.1, 0.15) is 17.6 Å². The molecule has 0 aliphatic heterocycles. The van der Waals surface area contributed by atoms with Gasteiger partial charge < -0.3 is 10.1 Å². The highest BCUT2D eigenvalue weighted by Crippen LogP contribution is 2.29. The van der Waals surface area contributed by atoms with E-state index in [0.29, 0.717) is 24.0 Å². The average molecular weight is 480 g/mol. The summed E-state index contributed by atoms with van der Waals surface area (Å²) in [6, 6.07) is 14.3. The second-order valence-corrected chi connectivity index (χ2v) is 8.54. The lowest BCUT2D eigenvalue weighted by molar-refractivity contribution is 0.253. The Balaban J connectivity index is 1.43. The van der Waals surface area contributed by atoms with Crippen LogP contribution in [-0.4, -0.2) is 25.8 Å². The van der Waals surface area contributed by atoms with Gasteiger partial charge in [-0.2, -0.15) is 5.10 Å². The van der Waals surface area contributed by atoms with Crippen LogP contribution in [0.15, 0.2) is 48.5 Å². The number of pyridine rings is 2. The summed E-state index contributed by atoms with van der Waals surface area (Å²) in [4.78, 5) is 21.3. The Morgan fingerprint density at radius 1 is 1.15 bits per heavy atom. The molecule has 0 saturated heterocycles. The maximum Gasteiger partial charge on any atom is 0.337 e. The summed E-state index contributed by atoms with van der Waals surface area (Å²) in [6.07, 6.45) is 0. The Bertz CT molecular complexity index is 1320. The van der Waals surface area contributed by atoms with Crippen LogP contribution in [-0.2, 0) is 13.7 Å². The molecule has 176 valence electrons. The zero-order valence-corrected chi connectivity index (χ0v) is 20.1. The molecule has 0 aliphatic rings. The van der Waals surface area contributed by atoms with Gasteiger partial charge in [0.05, 0.1) is 11.4 Å². The van der Waals surface area contributed by atoms with E-state index in [1.54, 1.807) is 10.7 Å². The molecule has 4 aromatic rings. The fraction of sp³-hybridized carbons (Fsp3) is 0.250. The molecule has 1 aromatic carbocycles. The molecule has 2 amide bonds. The number of hydrogen-bond donors (Lipinski definition) is 3. The monoisotopic (exact) mass is 479 g/mol. The summed E-state index contributed by atoms with van der Waals surface area (Å²) in [6.45, 7) is 6.51. The highest BCUT2D eigenvalue weighted by molar-refractivity contribution is 6.29. The number of amides is 2. The molecule has 0 spiro atoms. The van der Waals surface area contributed by atoms with Gasteiger partial charge in [-0.3, -0.25) is 15.5 Å². The van der Waals surface area contributed by atoms with E-state index in [-0.39, 0.29) is 11.1 Å². The standard InChI is InChI=1S/C24H26ClN7O2/c1-14(2)18-12-20(28-23-22(18)15(3)31-32(23)4)29-30-24(33)26-17-10-19(25)27-21(11-17)34-13-16-8-6-5-7-9-16/h5-12,14H,13H2,1-4H3,(H,28,29)(H2,26,27,30,33). The minimum atomic E-state index is -0.495. The molecule has 0 bridgehead atoms. The van der Waals surface area contributed by atoms with Crippen molar-refractivity contribution in [3.63, 3.8) is 0 Å². The van der Waals surface area contributed by atoms with Crippen molar-refractivity contribution in [2.24, 2.45) is 7.05 Å². The zero-order valence-electron chi connectivity index (χ0n) is 19.4. The first-order chi connectivity index (χ1) is 16.3. The Morgan fingerprint density at radius 3 is 2.65 bits per heavy atom. The lowest BCUT2D eigenvalue weighted by Crippen LogP contribution is -2.34. The van der Waals surface area contributed by atoms with E-state index in [1.165, 1.54) is 6.07 Å². The number of hydrazine groups is 1. The van der Waals surface area contributed by atoms with Crippen LogP contribution < -0.4 is 20.9 Å². The van der Waals surface area contributed by atoms with Crippen molar-refractivity contribution in [3.05, 3.63) is 70.5 Å². The number of anilines is 2. The Kier molecular flexibility index (Phi) is 6.83. The van der Waals surface area contributed by atoms with E-state index in [4.69, 9.17) is 16.3 Å². The first kappa shape index (κ1) is 23.3. The minimum Gasteiger partial charge on any atom is -0.473 e. The van der Waals surface area contributed by atoms with Crippen LogP contribution in [0.4, 0.5) is 16.3 Å². The second kappa shape index (κ2) is 9.96. The molecule has 34 heavy (non-hydrogen) atoms. The van der Waals surface area contributed by atoms with Gasteiger partial charge in [0.25, 0.3) is 0 Å². The summed E-state index contributed by atoms with van der Waals surface area (Å²) in [5, 5.41) is 8.42. The molecule has 0 atom stereocenters. The third-order valence-electron chi connectivity index (χ3n) is 5.18. The van der Waals surface area contributed by atoms with Crippen molar-refractivity contribution in [1.82, 2.24) is 25.2 Å². The number of aryl methyl sites for hydroxylation is 2. The van der Waals surface area contributed by atoms with E-state index in [1.807, 2.05) is 50.4 Å². The summed E-state index contributed by atoms with van der Waals surface area (Å²) in [5.41, 5.74) is 9.68. The normalized spacial score (nSPS) is 11.0. The molecule has 3 heterocycles. The summed E-state index contributed by atoms with van der Waals surface area (Å²) >= 11 is 6.11. The number of carbonyl (C=O) groups excluding carboxylic acids is 1. The van der Waals surface area contributed by atoms with Gasteiger partial charge in [-0.05, 0) is 36.1 Å². The van der Waals surface area contributed by atoms with Crippen LogP contribution in [0.25, 0.3) is 11.0 Å². The van der Waals surface area contributed by atoms with E-state index in [9.17, 15) is 4.79 Å². The van der Waals surface area contributed by atoms with Crippen molar-refractivity contribution in [2.75, 3.05) is 10.7 Å². The molecule has 9 nitrogen and oxygen atoms in total. The molecule has 0 fully saturated rings. The number of aromatic nitrogens is 4. The van der Waals surface area contributed by atoms with E-state index in [0.717, 1.165) is 27.9 Å². The van der Waals surface area contributed by atoms with Gasteiger partial charge in [0.2, 0.25) is 5.88 Å². The SMILES string of the molecule is Cc1nn(C)c2nc(NNC(=O)Nc3cc(Cl)nc(OCc4ccccc4)c3)cc(C(C)C)c12. The number of benzene rings is 1. The number of carbonyl (C=O) groups is 1. The van der Waals surface area contributed by atoms with Crippen LogP contribution in [0.2, 0.25) is 5.15 Å². The summed E-state index contributed by atoms with van der Waals surface area (Å²) < 4.78 is 7.45. The number of urea groups is 1. The average Bonchev–Trinajstić information content (AvgIpc) is 3.09. The molecular weight excluding hydrogens is 454 g/mol. The number of nitrogens with one attached hydrogen (secondary N) is 3. The number of nitrogens with zero attached hydrogens (tertiary/aromatic N) is 4. The maximum absolute atomic E-state index is 12.5. The van der Waals surface area contributed by atoms with Gasteiger partial charge >= 0.3 is 6.03 Å². The number of fused-ring (bicyclic) bond motifs is 1. The molecular formula is C24H26ClN7O2. The maximum atomic E-state index is 12.5. The molecule has 0 aliphatic carbocycles. The first-order valence-corrected chi connectivity index (χ1v) is 11.2. The van der Waals surface area contributed by atoms with Crippen molar-refractivity contribution >= 4 is 40.2 Å². The third kappa shape index (κ3) is 5.37. The lowest BCUT2D eigenvalue weighted by Gasteiger charge is -2.14. The highest BCUT2D eigenvalue weighted by Gasteiger charge is 2.16. The van der Waals surface area contributed by atoms with Crippen molar-refractivity contribution in [2.45, 2.75) is 33.3 Å². The quantitative estimate of drug-likeness (QED) is 0.249. The van der Waals surface area contributed by atoms with Crippen LogP contribution in [0.5, 0.6) is 5.88 Å². The first-order valence-electron chi connectivity index (χ1n) is 10.8. The summed E-state index contributed by atoms with van der Waals surface area (Å²) in [7, 11) is 1.85.